The lowest BCUT2D eigenvalue weighted by molar-refractivity contribution is -0.0882. The fourth-order valence-corrected chi connectivity index (χ4v) is 3.27. The Labute approximate surface area is 145 Å². The van der Waals surface area contributed by atoms with Crippen LogP contribution >= 0.6 is 11.3 Å². The highest BCUT2D eigenvalue weighted by Gasteiger charge is 2.40. The van der Waals surface area contributed by atoms with E-state index in [1.807, 2.05) is 6.07 Å². The Morgan fingerprint density at radius 1 is 0.760 bits per heavy atom. The van der Waals surface area contributed by atoms with E-state index in [9.17, 15) is 22.8 Å². The average Bonchev–Trinajstić information content (AvgIpc) is 3.10. The molecule has 6 heteroatoms. The number of thiophene rings is 1. The minimum absolute atomic E-state index is 0.133. The number of hydrogen-bond donors (Lipinski definition) is 0. The molecule has 2 nitrogen and oxygen atoms in total. The van der Waals surface area contributed by atoms with Gasteiger partial charge in [-0.15, -0.1) is 11.3 Å². The van der Waals surface area contributed by atoms with Crippen LogP contribution in [0.3, 0.4) is 0 Å². The van der Waals surface area contributed by atoms with Crippen molar-refractivity contribution in [2.45, 2.75) is 6.18 Å². The summed E-state index contributed by atoms with van der Waals surface area (Å²) in [6.45, 7) is 0. The van der Waals surface area contributed by atoms with E-state index in [2.05, 4.69) is 0 Å². The number of rotatable bonds is 4. The molecule has 0 N–H and O–H groups in total. The first kappa shape index (κ1) is 17.1. The molecule has 0 spiro atoms. The van der Waals surface area contributed by atoms with Crippen molar-refractivity contribution in [1.29, 1.82) is 0 Å². The third-order valence-electron chi connectivity index (χ3n) is 3.55. The van der Waals surface area contributed by atoms with E-state index in [4.69, 9.17) is 0 Å². The van der Waals surface area contributed by atoms with E-state index in [1.54, 1.807) is 48.5 Å². The first-order chi connectivity index (χ1) is 11.9. The first-order valence-electron chi connectivity index (χ1n) is 7.28. The summed E-state index contributed by atoms with van der Waals surface area (Å²) in [6, 6.07) is 18.0. The van der Waals surface area contributed by atoms with Crippen molar-refractivity contribution >= 4 is 22.9 Å². The summed E-state index contributed by atoms with van der Waals surface area (Å²) >= 11 is 0.777. The SMILES string of the molecule is O=C(c1ccccc1)c1ccc(-c2ccc(C(=O)C(F)(F)F)s2)cc1. The second-order valence-corrected chi connectivity index (χ2v) is 6.35. The van der Waals surface area contributed by atoms with Crippen molar-refractivity contribution < 1.29 is 22.8 Å². The second-order valence-electron chi connectivity index (χ2n) is 5.26. The predicted molar refractivity (Wildman–Crippen MR) is 90.0 cm³/mol. The van der Waals surface area contributed by atoms with Crippen molar-refractivity contribution in [1.82, 2.24) is 0 Å². The molecule has 0 unspecified atom stereocenters. The number of alkyl halides is 3. The molecule has 0 aliphatic rings. The molecule has 0 amide bonds. The lowest BCUT2D eigenvalue weighted by Crippen LogP contribution is -2.21. The van der Waals surface area contributed by atoms with E-state index in [1.165, 1.54) is 12.1 Å². The lowest BCUT2D eigenvalue weighted by Gasteiger charge is -2.03. The van der Waals surface area contributed by atoms with E-state index < -0.39 is 12.0 Å². The summed E-state index contributed by atoms with van der Waals surface area (Å²) in [7, 11) is 0. The zero-order valence-corrected chi connectivity index (χ0v) is 13.5. The molecule has 0 atom stereocenters. The summed E-state index contributed by atoms with van der Waals surface area (Å²) < 4.78 is 37.4. The molecule has 0 radical (unpaired) electrons. The van der Waals surface area contributed by atoms with Crippen LogP contribution in [-0.4, -0.2) is 17.7 Å². The van der Waals surface area contributed by atoms with Crippen LogP contribution in [-0.2, 0) is 0 Å². The summed E-state index contributed by atoms with van der Waals surface area (Å²) in [6.07, 6.45) is -4.88. The minimum atomic E-state index is -4.88. The molecule has 0 bridgehead atoms. The van der Waals surface area contributed by atoms with Gasteiger partial charge in [-0.3, -0.25) is 9.59 Å². The summed E-state index contributed by atoms with van der Waals surface area (Å²) in [4.78, 5) is 23.8. The van der Waals surface area contributed by atoms with Crippen molar-refractivity contribution in [3.63, 3.8) is 0 Å². The van der Waals surface area contributed by atoms with E-state index in [0.717, 1.165) is 11.3 Å². The second kappa shape index (κ2) is 6.64. The van der Waals surface area contributed by atoms with Gasteiger partial charge in [0, 0.05) is 16.0 Å². The molecule has 2 aromatic carbocycles. The quantitative estimate of drug-likeness (QED) is 0.585. The lowest BCUT2D eigenvalue weighted by atomic mass is 10.0. The van der Waals surface area contributed by atoms with Crippen LogP contribution in [0.2, 0.25) is 0 Å². The maximum absolute atomic E-state index is 12.5. The van der Waals surface area contributed by atoms with E-state index >= 15 is 0 Å². The molecule has 0 fully saturated rings. The third kappa shape index (κ3) is 3.69. The fourth-order valence-electron chi connectivity index (χ4n) is 2.30. The van der Waals surface area contributed by atoms with Gasteiger partial charge in [0.25, 0.3) is 5.78 Å². The molecule has 3 rings (SSSR count). The highest BCUT2D eigenvalue weighted by Crippen LogP contribution is 2.32. The Kier molecular flexibility index (Phi) is 4.55. The molecular weight excluding hydrogens is 349 g/mol. The van der Waals surface area contributed by atoms with E-state index in [-0.39, 0.29) is 10.7 Å². The van der Waals surface area contributed by atoms with Crippen LogP contribution in [0.25, 0.3) is 10.4 Å². The number of carbonyl (C=O) groups is 2. The average molecular weight is 360 g/mol. The van der Waals surface area contributed by atoms with Gasteiger partial charge in [0.05, 0.1) is 4.88 Å². The fraction of sp³-hybridized carbons (Fsp3) is 0.0526. The topological polar surface area (TPSA) is 34.1 Å². The number of halogens is 3. The standard InChI is InChI=1S/C19H11F3O2S/c20-19(21,22)18(24)16-11-10-15(25-16)12-6-8-14(9-7-12)17(23)13-4-2-1-3-5-13/h1-11H. The van der Waals surface area contributed by atoms with Gasteiger partial charge in [-0.05, 0) is 17.7 Å². The number of carbonyl (C=O) groups excluding carboxylic acids is 2. The minimum Gasteiger partial charge on any atom is -0.289 e. The first-order valence-corrected chi connectivity index (χ1v) is 8.09. The molecule has 25 heavy (non-hydrogen) atoms. The van der Waals surface area contributed by atoms with Gasteiger partial charge < -0.3 is 0 Å². The zero-order chi connectivity index (χ0) is 18.0. The maximum Gasteiger partial charge on any atom is 0.455 e. The Morgan fingerprint density at radius 2 is 1.36 bits per heavy atom. The van der Waals surface area contributed by atoms with E-state index in [0.29, 0.717) is 21.6 Å². The summed E-state index contributed by atoms with van der Waals surface area (Å²) in [5.74, 6) is -1.98. The Balaban J connectivity index is 1.83. The van der Waals surface area contributed by atoms with Gasteiger partial charge in [0.15, 0.2) is 5.78 Å². The summed E-state index contributed by atoms with van der Waals surface area (Å²) in [5.41, 5.74) is 1.69. The molecule has 3 aromatic rings. The van der Waals surface area contributed by atoms with Gasteiger partial charge in [-0.2, -0.15) is 13.2 Å². The predicted octanol–water partition coefficient (Wildman–Crippen LogP) is 5.39. The van der Waals surface area contributed by atoms with Crippen LogP contribution in [0.15, 0.2) is 66.7 Å². The molecule has 0 saturated carbocycles. The monoisotopic (exact) mass is 360 g/mol. The van der Waals surface area contributed by atoms with Crippen molar-refractivity contribution in [3.05, 3.63) is 82.7 Å². The maximum atomic E-state index is 12.5. The Morgan fingerprint density at radius 3 is 1.96 bits per heavy atom. The van der Waals surface area contributed by atoms with Gasteiger partial charge in [-0.25, -0.2) is 0 Å². The molecule has 0 aliphatic heterocycles. The van der Waals surface area contributed by atoms with Gasteiger partial charge >= 0.3 is 6.18 Å². The summed E-state index contributed by atoms with van der Waals surface area (Å²) in [5, 5.41) is 0. The molecular formula is C19H11F3O2S. The number of hydrogen-bond acceptors (Lipinski definition) is 3. The smallest absolute Gasteiger partial charge is 0.289 e. The van der Waals surface area contributed by atoms with Crippen LogP contribution in [0.5, 0.6) is 0 Å². The molecule has 0 saturated heterocycles. The van der Waals surface area contributed by atoms with Crippen LogP contribution in [0.1, 0.15) is 25.6 Å². The van der Waals surface area contributed by atoms with Gasteiger partial charge in [0.1, 0.15) is 0 Å². The molecule has 1 heterocycles. The van der Waals surface area contributed by atoms with Crippen LogP contribution < -0.4 is 0 Å². The largest absolute Gasteiger partial charge is 0.455 e. The number of Topliss-reactive ketones (excluding diaryl/α,β-unsaturated/α-hetero) is 1. The molecule has 0 aliphatic carbocycles. The Hall–Kier alpha value is -2.73. The Bertz CT molecular complexity index is 910. The zero-order valence-electron chi connectivity index (χ0n) is 12.7. The van der Waals surface area contributed by atoms with Gasteiger partial charge in [0.2, 0.25) is 0 Å². The number of benzene rings is 2. The van der Waals surface area contributed by atoms with Crippen LogP contribution in [0.4, 0.5) is 13.2 Å². The van der Waals surface area contributed by atoms with Crippen molar-refractivity contribution in [2.24, 2.45) is 0 Å². The normalized spacial score (nSPS) is 11.3. The highest BCUT2D eigenvalue weighted by molar-refractivity contribution is 7.17. The number of ketones is 2. The van der Waals surface area contributed by atoms with Crippen molar-refractivity contribution in [3.8, 4) is 10.4 Å². The third-order valence-corrected chi connectivity index (χ3v) is 4.69. The highest BCUT2D eigenvalue weighted by atomic mass is 32.1. The van der Waals surface area contributed by atoms with Crippen molar-refractivity contribution in [2.75, 3.05) is 0 Å². The molecule has 1 aromatic heterocycles. The molecule has 126 valence electrons. The van der Waals surface area contributed by atoms with Crippen LogP contribution in [0, 0.1) is 0 Å². The van der Waals surface area contributed by atoms with Gasteiger partial charge in [-0.1, -0.05) is 54.6 Å².